The summed E-state index contributed by atoms with van der Waals surface area (Å²) in [4.78, 5) is 5.11. The van der Waals surface area contributed by atoms with E-state index in [0.29, 0.717) is 11.5 Å². The number of nitrogens with zero attached hydrogens (tertiary/aromatic N) is 2. The molecule has 1 fully saturated rings. The molecule has 0 aliphatic carbocycles. The van der Waals surface area contributed by atoms with Crippen molar-refractivity contribution in [3.63, 3.8) is 0 Å². The van der Waals surface area contributed by atoms with Crippen molar-refractivity contribution in [2.45, 2.75) is 78.9 Å². The highest BCUT2D eigenvalue weighted by atomic mass is 16.3. The zero-order chi connectivity index (χ0) is 15.9. The lowest BCUT2D eigenvalue weighted by Gasteiger charge is -2.37. The van der Waals surface area contributed by atoms with Crippen LogP contribution >= 0.6 is 0 Å². The number of aliphatic hydroxyl groups excluding tert-OH is 1. The Hall–Kier alpha value is -0.120. The second-order valence-electron chi connectivity index (χ2n) is 8.22. The first-order valence-corrected chi connectivity index (χ1v) is 8.92. The molecule has 0 saturated carbocycles. The fraction of sp³-hybridized carbons (Fsp3) is 1.00. The van der Waals surface area contributed by atoms with Crippen LogP contribution in [0.2, 0.25) is 0 Å². The molecule has 1 aliphatic heterocycles. The second-order valence-corrected chi connectivity index (χ2v) is 8.22. The van der Waals surface area contributed by atoms with Crippen LogP contribution in [0.5, 0.6) is 0 Å². The molecular weight excluding hydrogens is 260 g/mol. The minimum atomic E-state index is -0.0932. The molecule has 0 unspecified atom stereocenters. The first-order valence-electron chi connectivity index (χ1n) is 8.92. The van der Waals surface area contributed by atoms with Crippen LogP contribution in [0.1, 0.15) is 66.7 Å². The third-order valence-electron chi connectivity index (χ3n) is 4.61. The molecule has 1 atom stereocenters. The molecule has 1 heterocycles. The topological polar surface area (TPSA) is 26.7 Å². The summed E-state index contributed by atoms with van der Waals surface area (Å²) in [7, 11) is 0. The van der Waals surface area contributed by atoms with E-state index in [-0.39, 0.29) is 6.10 Å². The normalized spacial score (nSPS) is 20.1. The van der Waals surface area contributed by atoms with Gasteiger partial charge in [0, 0.05) is 32.2 Å². The molecule has 0 aromatic carbocycles. The molecule has 3 heteroatoms. The molecular formula is C18H38N2O. The maximum Gasteiger partial charge on any atom is 0.0540 e. The van der Waals surface area contributed by atoms with Crippen molar-refractivity contribution in [2.24, 2.45) is 5.41 Å². The molecule has 126 valence electrons. The summed E-state index contributed by atoms with van der Waals surface area (Å²) in [6.45, 7) is 17.3. The zero-order valence-electron chi connectivity index (χ0n) is 15.1. The van der Waals surface area contributed by atoms with Crippen LogP contribution in [0, 0.1) is 5.41 Å². The van der Waals surface area contributed by atoms with E-state index in [4.69, 9.17) is 0 Å². The molecule has 1 aliphatic rings. The summed E-state index contributed by atoms with van der Waals surface area (Å²) in [5.74, 6) is 0. The van der Waals surface area contributed by atoms with Crippen LogP contribution in [0.25, 0.3) is 0 Å². The van der Waals surface area contributed by atoms with Gasteiger partial charge in [-0.25, -0.2) is 0 Å². The highest BCUT2D eigenvalue weighted by Gasteiger charge is 2.18. The van der Waals surface area contributed by atoms with Crippen LogP contribution in [-0.4, -0.2) is 59.8 Å². The van der Waals surface area contributed by atoms with E-state index in [1.54, 1.807) is 0 Å². The summed E-state index contributed by atoms with van der Waals surface area (Å²) in [6.07, 6.45) is 5.34. The minimum absolute atomic E-state index is 0.0932. The van der Waals surface area contributed by atoms with Gasteiger partial charge in [-0.2, -0.15) is 0 Å². The van der Waals surface area contributed by atoms with Crippen molar-refractivity contribution >= 4 is 0 Å². The van der Waals surface area contributed by atoms with E-state index in [1.807, 2.05) is 0 Å². The van der Waals surface area contributed by atoms with Crippen molar-refractivity contribution in [2.75, 3.05) is 32.7 Å². The van der Waals surface area contributed by atoms with Gasteiger partial charge in [0.05, 0.1) is 6.10 Å². The lowest BCUT2D eigenvalue weighted by atomic mass is 9.89. The molecule has 0 aromatic rings. The molecule has 0 amide bonds. The predicted octanol–water partition coefficient (Wildman–Crippen LogP) is 3.37. The largest absolute Gasteiger partial charge is 0.393 e. The molecule has 0 radical (unpaired) electrons. The molecule has 0 aromatic heterocycles. The van der Waals surface area contributed by atoms with Crippen molar-refractivity contribution < 1.29 is 5.11 Å². The van der Waals surface area contributed by atoms with Gasteiger partial charge in [-0.1, -0.05) is 27.2 Å². The molecule has 3 nitrogen and oxygen atoms in total. The van der Waals surface area contributed by atoms with E-state index in [1.165, 1.54) is 32.6 Å². The number of piperazine rings is 1. The number of hydrogen-bond donors (Lipinski definition) is 1. The third kappa shape index (κ3) is 8.80. The van der Waals surface area contributed by atoms with Gasteiger partial charge in [0.1, 0.15) is 0 Å². The highest BCUT2D eigenvalue weighted by molar-refractivity contribution is 4.74. The maximum absolute atomic E-state index is 10.1. The third-order valence-corrected chi connectivity index (χ3v) is 4.61. The van der Waals surface area contributed by atoms with Crippen LogP contribution in [0.3, 0.4) is 0 Å². The van der Waals surface area contributed by atoms with Crippen LogP contribution in [-0.2, 0) is 0 Å². The molecule has 0 bridgehead atoms. The zero-order valence-corrected chi connectivity index (χ0v) is 15.1. The summed E-state index contributed by atoms with van der Waals surface area (Å²) in [6, 6.07) is 0.678. The van der Waals surface area contributed by atoms with Gasteiger partial charge in [-0.3, -0.25) is 4.90 Å². The quantitative estimate of drug-likeness (QED) is 0.744. The van der Waals surface area contributed by atoms with Gasteiger partial charge >= 0.3 is 0 Å². The van der Waals surface area contributed by atoms with Crippen molar-refractivity contribution in [3.05, 3.63) is 0 Å². The Labute approximate surface area is 132 Å². The summed E-state index contributed by atoms with van der Waals surface area (Å²) in [5.41, 5.74) is 0.399. The van der Waals surface area contributed by atoms with Crippen molar-refractivity contribution in [1.82, 2.24) is 9.80 Å². The van der Waals surface area contributed by atoms with E-state index in [2.05, 4.69) is 44.4 Å². The molecule has 1 saturated heterocycles. The minimum Gasteiger partial charge on any atom is -0.393 e. The Balaban J connectivity index is 2.03. The number of hydrogen-bond acceptors (Lipinski definition) is 3. The van der Waals surface area contributed by atoms with Gasteiger partial charge in [0.25, 0.3) is 0 Å². The van der Waals surface area contributed by atoms with E-state index in [9.17, 15) is 5.11 Å². The SMILES string of the molecule is CC(C)N1CCN(CCC[C@@H](O)CCCC(C)(C)C)CC1. The number of rotatable bonds is 8. The smallest absolute Gasteiger partial charge is 0.0540 e. The average molecular weight is 299 g/mol. The van der Waals surface area contributed by atoms with Gasteiger partial charge < -0.3 is 10.0 Å². The first-order chi connectivity index (χ1) is 9.78. The predicted molar refractivity (Wildman–Crippen MR) is 91.7 cm³/mol. The van der Waals surface area contributed by atoms with Crippen LogP contribution < -0.4 is 0 Å². The fourth-order valence-corrected chi connectivity index (χ4v) is 3.07. The van der Waals surface area contributed by atoms with E-state index in [0.717, 1.165) is 32.2 Å². The first kappa shape index (κ1) is 18.9. The number of aliphatic hydroxyl groups is 1. The van der Waals surface area contributed by atoms with Gasteiger partial charge in [-0.05, 0) is 51.5 Å². The molecule has 1 rings (SSSR count). The maximum atomic E-state index is 10.1. The Kier molecular flexibility index (Phi) is 8.22. The van der Waals surface area contributed by atoms with E-state index < -0.39 is 0 Å². The molecule has 1 N–H and O–H groups in total. The average Bonchev–Trinajstić information content (AvgIpc) is 2.37. The molecule has 0 spiro atoms. The Morgan fingerprint density at radius 1 is 0.952 bits per heavy atom. The van der Waals surface area contributed by atoms with Gasteiger partial charge in [-0.15, -0.1) is 0 Å². The standard InChI is InChI=1S/C18H38N2O/c1-16(2)20-14-12-19(13-15-20)11-7-9-17(21)8-6-10-18(3,4)5/h16-17,21H,6-15H2,1-5H3/t17-/m0/s1. The summed E-state index contributed by atoms with van der Waals surface area (Å²) in [5, 5.41) is 10.1. The summed E-state index contributed by atoms with van der Waals surface area (Å²) >= 11 is 0. The summed E-state index contributed by atoms with van der Waals surface area (Å²) < 4.78 is 0. The Bertz CT molecular complexity index is 265. The lowest BCUT2D eigenvalue weighted by molar-refractivity contribution is 0.0980. The Morgan fingerprint density at radius 3 is 2.05 bits per heavy atom. The van der Waals surface area contributed by atoms with Crippen molar-refractivity contribution in [3.8, 4) is 0 Å². The fourth-order valence-electron chi connectivity index (χ4n) is 3.07. The van der Waals surface area contributed by atoms with Gasteiger partial charge in [0.2, 0.25) is 0 Å². The van der Waals surface area contributed by atoms with Crippen LogP contribution in [0.15, 0.2) is 0 Å². The lowest BCUT2D eigenvalue weighted by Crippen LogP contribution is -2.48. The monoisotopic (exact) mass is 298 g/mol. The molecule has 21 heavy (non-hydrogen) atoms. The van der Waals surface area contributed by atoms with Crippen LogP contribution in [0.4, 0.5) is 0 Å². The van der Waals surface area contributed by atoms with E-state index >= 15 is 0 Å². The second kappa shape index (κ2) is 9.12. The highest BCUT2D eigenvalue weighted by Crippen LogP contribution is 2.22. The Morgan fingerprint density at radius 2 is 1.52 bits per heavy atom. The van der Waals surface area contributed by atoms with Crippen molar-refractivity contribution in [1.29, 1.82) is 0 Å². The van der Waals surface area contributed by atoms with Gasteiger partial charge in [0.15, 0.2) is 0 Å².